The molecule has 15 heavy (non-hydrogen) atoms. The molecular weight excluding hydrogens is 220 g/mol. The Labute approximate surface area is 92.6 Å². The van der Waals surface area contributed by atoms with Gasteiger partial charge in [-0.15, -0.1) is 0 Å². The van der Waals surface area contributed by atoms with E-state index >= 15 is 0 Å². The Kier molecular flexibility index (Phi) is 6.72. The Hall–Kier alpha value is -1.08. The lowest BCUT2D eigenvalue weighted by molar-refractivity contribution is -0.142. The second-order valence-corrected chi connectivity index (χ2v) is 3.30. The lowest BCUT2D eigenvalue weighted by Crippen LogP contribution is -2.49. The molecule has 0 aliphatic heterocycles. The molecule has 0 saturated carbocycles. The molecule has 0 aromatic carbocycles. The molecule has 6 nitrogen and oxygen atoms in total. The summed E-state index contributed by atoms with van der Waals surface area (Å²) < 4.78 is 0. The number of nitrogens with two attached hydrogens (primary N) is 1. The average molecular weight is 234 g/mol. The van der Waals surface area contributed by atoms with E-state index in [1.165, 1.54) is 0 Å². The van der Waals surface area contributed by atoms with Gasteiger partial charge in [-0.25, -0.2) is 4.79 Å². The van der Waals surface area contributed by atoms with Crippen molar-refractivity contribution >= 4 is 30.8 Å². The van der Waals surface area contributed by atoms with Crippen LogP contribution < -0.4 is 11.1 Å². The minimum atomic E-state index is -1.18. The highest BCUT2D eigenvalue weighted by atomic mass is 32.1. The summed E-state index contributed by atoms with van der Waals surface area (Å²) in [4.78, 5) is 31.9. The molecule has 0 aromatic heterocycles. The van der Waals surface area contributed by atoms with E-state index in [0.29, 0.717) is 6.29 Å². The fraction of sp³-hybridized carbons (Fsp3) is 0.625. The molecule has 0 heterocycles. The lowest BCUT2D eigenvalue weighted by Gasteiger charge is -2.15. The van der Waals surface area contributed by atoms with Gasteiger partial charge >= 0.3 is 5.97 Å². The number of carbonyl (C=O) groups excluding carboxylic acids is 2. The lowest BCUT2D eigenvalue weighted by atomic mass is 10.1. The summed E-state index contributed by atoms with van der Waals surface area (Å²) >= 11 is 3.81. The van der Waals surface area contributed by atoms with Crippen molar-refractivity contribution in [3.05, 3.63) is 0 Å². The van der Waals surface area contributed by atoms with E-state index < -0.39 is 24.0 Å². The predicted molar refractivity (Wildman–Crippen MR) is 56.7 cm³/mol. The molecule has 0 aliphatic carbocycles. The third-order valence-electron chi connectivity index (χ3n) is 1.72. The summed E-state index contributed by atoms with van der Waals surface area (Å²) in [6.45, 7) is 0. The van der Waals surface area contributed by atoms with E-state index in [1.54, 1.807) is 0 Å². The van der Waals surface area contributed by atoms with E-state index in [1.807, 2.05) is 0 Å². The Morgan fingerprint density at radius 2 is 2.13 bits per heavy atom. The maximum absolute atomic E-state index is 11.2. The van der Waals surface area contributed by atoms with Crippen molar-refractivity contribution in [2.45, 2.75) is 24.9 Å². The van der Waals surface area contributed by atoms with Crippen LogP contribution in [-0.2, 0) is 14.4 Å². The van der Waals surface area contributed by atoms with E-state index in [0.717, 1.165) is 0 Å². The number of amides is 1. The second kappa shape index (κ2) is 7.24. The number of carboxylic acid groups (broad SMARTS) is 1. The van der Waals surface area contributed by atoms with Crippen LogP contribution in [0.4, 0.5) is 0 Å². The van der Waals surface area contributed by atoms with Gasteiger partial charge in [-0.3, -0.25) is 4.79 Å². The summed E-state index contributed by atoms with van der Waals surface area (Å²) in [5, 5.41) is 10.9. The van der Waals surface area contributed by atoms with Crippen LogP contribution in [0.5, 0.6) is 0 Å². The van der Waals surface area contributed by atoms with Crippen LogP contribution in [0.15, 0.2) is 0 Å². The van der Waals surface area contributed by atoms with Gasteiger partial charge < -0.3 is 21.0 Å². The van der Waals surface area contributed by atoms with Crippen LogP contribution >= 0.6 is 12.6 Å². The summed E-state index contributed by atoms with van der Waals surface area (Å²) in [5.74, 6) is -1.63. The van der Waals surface area contributed by atoms with Crippen molar-refractivity contribution in [1.82, 2.24) is 5.32 Å². The Morgan fingerprint density at radius 3 is 2.53 bits per heavy atom. The van der Waals surface area contributed by atoms with E-state index in [-0.39, 0.29) is 18.6 Å². The molecule has 86 valence electrons. The first-order valence-electron chi connectivity index (χ1n) is 4.36. The fourth-order valence-corrected chi connectivity index (χ4v) is 1.02. The zero-order valence-electron chi connectivity index (χ0n) is 8.05. The molecule has 0 aliphatic rings. The molecule has 0 spiro atoms. The maximum Gasteiger partial charge on any atom is 0.326 e. The van der Waals surface area contributed by atoms with Crippen molar-refractivity contribution in [2.24, 2.45) is 5.73 Å². The first-order chi connectivity index (χ1) is 7.02. The monoisotopic (exact) mass is 234 g/mol. The number of carbonyl (C=O) groups is 3. The largest absolute Gasteiger partial charge is 0.480 e. The van der Waals surface area contributed by atoms with Gasteiger partial charge in [0, 0.05) is 12.2 Å². The van der Waals surface area contributed by atoms with E-state index in [2.05, 4.69) is 17.9 Å². The molecule has 0 saturated heterocycles. The zero-order valence-corrected chi connectivity index (χ0v) is 8.94. The molecule has 0 aromatic rings. The minimum Gasteiger partial charge on any atom is -0.480 e. The van der Waals surface area contributed by atoms with Gasteiger partial charge in [0.2, 0.25) is 5.91 Å². The number of aldehydes is 1. The molecule has 4 N–H and O–H groups in total. The minimum absolute atomic E-state index is 0.0594. The second-order valence-electron chi connectivity index (χ2n) is 2.93. The summed E-state index contributed by atoms with van der Waals surface area (Å²) in [5.41, 5.74) is 5.34. The molecule has 0 fully saturated rings. The molecule has 1 amide bonds. The highest BCUT2D eigenvalue weighted by molar-refractivity contribution is 7.80. The number of thiol groups is 1. The normalized spacial score (nSPS) is 14.0. The number of rotatable bonds is 7. The molecule has 0 bridgehead atoms. The Morgan fingerprint density at radius 1 is 1.53 bits per heavy atom. The van der Waals surface area contributed by atoms with Crippen molar-refractivity contribution in [2.75, 3.05) is 5.75 Å². The smallest absolute Gasteiger partial charge is 0.326 e. The number of carboxylic acids is 1. The quantitative estimate of drug-likeness (QED) is 0.326. The third-order valence-corrected chi connectivity index (χ3v) is 2.11. The highest BCUT2D eigenvalue weighted by Crippen LogP contribution is 1.97. The van der Waals surface area contributed by atoms with Crippen LogP contribution in [0.2, 0.25) is 0 Å². The number of nitrogens with one attached hydrogen (secondary N) is 1. The van der Waals surface area contributed by atoms with Crippen LogP contribution in [0, 0.1) is 0 Å². The molecule has 2 atom stereocenters. The number of aliphatic carboxylic acids is 1. The van der Waals surface area contributed by atoms with Crippen molar-refractivity contribution in [3.8, 4) is 0 Å². The van der Waals surface area contributed by atoms with Crippen LogP contribution in [0.3, 0.4) is 0 Å². The molecule has 7 heteroatoms. The summed E-state index contributed by atoms with van der Waals surface area (Å²) in [7, 11) is 0. The fourth-order valence-electron chi connectivity index (χ4n) is 0.854. The first kappa shape index (κ1) is 13.9. The van der Waals surface area contributed by atoms with Crippen LogP contribution in [-0.4, -0.2) is 41.1 Å². The summed E-state index contributed by atoms with van der Waals surface area (Å²) in [6.07, 6.45) is 0.734. The molecule has 0 unspecified atom stereocenters. The average Bonchev–Trinajstić information content (AvgIpc) is 2.22. The Bertz CT molecular complexity index is 247. The maximum atomic E-state index is 11.2. The summed E-state index contributed by atoms with van der Waals surface area (Å²) in [6, 6.07) is -1.92. The van der Waals surface area contributed by atoms with Gasteiger partial charge in [0.05, 0.1) is 6.04 Å². The van der Waals surface area contributed by atoms with Gasteiger partial charge in [0.1, 0.15) is 12.3 Å². The standard InChI is InChI=1S/C8H14N2O4S/c9-5(4-15)7(12)10-6(8(13)14)2-1-3-11/h3,5-6,15H,1-2,4,9H2,(H,10,12)(H,13,14)/t5-,6+/m1/s1. The highest BCUT2D eigenvalue weighted by Gasteiger charge is 2.21. The van der Waals surface area contributed by atoms with Gasteiger partial charge in [-0.2, -0.15) is 12.6 Å². The van der Waals surface area contributed by atoms with Crippen molar-refractivity contribution in [1.29, 1.82) is 0 Å². The van der Waals surface area contributed by atoms with Crippen molar-refractivity contribution in [3.63, 3.8) is 0 Å². The SMILES string of the molecule is N[C@H](CS)C(=O)N[C@@H](CCC=O)C(=O)O. The predicted octanol–water partition coefficient (Wildman–Crippen LogP) is -1.21. The van der Waals surface area contributed by atoms with Crippen LogP contribution in [0.1, 0.15) is 12.8 Å². The third kappa shape index (κ3) is 5.38. The van der Waals surface area contributed by atoms with Gasteiger partial charge in [0.25, 0.3) is 0 Å². The first-order valence-corrected chi connectivity index (χ1v) is 4.99. The van der Waals surface area contributed by atoms with E-state index in [4.69, 9.17) is 10.8 Å². The topological polar surface area (TPSA) is 109 Å². The molecule has 0 radical (unpaired) electrons. The zero-order chi connectivity index (χ0) is 11.8. The van der Waals surface area contributed by atoms with Crippen molar-refractivity contribution < 1.29 is 19.5 Å². The Balaban J connectivity index is 4.21. The molecule has 0 rings (SSSR count). The van der Waals surface area contributed by atoms with Gasteiger partial charge in [-0.05, 0) is 6.42 Å². The molecular formula is C8H14N2O4S. The number of hydrogen-bond donors (Lipinski definition) is 4. The van der Waals surface area contributed by atoms with Crippen LogP contribution in [0.25, 0.3) is 0 Å². The van der Waals surface area contributed by atoms with Gasteiger partial charge in [-0.1, -0.05) is 0 Å². The number of hydrogen-bond acceptors (Lipinski definition) is 5. The van der Waals surface area contributed by atoms with E-state index in [9.17, 15) is 14.4 Å². The van der Waals surface area contributed by atoms with Gasteiger partial charge in [0.15, 0.2) is 0 Å².